The highest BCUT2D eigenvalue weighted by molar-refractivity contribution is 9.08. The van der Waals surface area contributed by atoms with E-state index in [2.05, 4.69) is 21.2 Å². The highest BCUT2D eigenvalue weighted by atomic mass is 79.9. The lowest BCUT2D eigenvalue weighted by Gasteiger charge is -2.02. The lowest BCUT2D eigenvalue weighted by atomic mass is 10.1. The molecule has 0 bridgehead atoms. The van der Waals surface area contributed by atoms with Crippen molar-refractivity contribution in [3.8, 4) is 0 Å². The number of halogens is 1. The quantitative estimate of drug-likeness (QED) is 0.809. The molecule has 2 nitrogen and oxygen atoms in total. The molecule has 1 rings (SSSR count). The average Bonchev–Trinajstić information content (AvgIpc) is 2.15. The van der Waals surface area contributed by atoms with Crippen molar-refractivity contribution in [2.75, 3.05) is 0 Å². The molecule has 0 unspecified atom stereocenters. The molecule has 1 N–H and O–H groups in total. The van der Waals surface area contributed by atoms with Gasteiger partial charge in [0.1, 0.15) is 0 Å². The van der Waals surface area contributed by atoms with Gasteiger partial charge >= 0.3 is 0 Å². The van der Waals surface area contributed by atoms with Gasteiger partial charge < -0.3 is 5.32 Å². The van der Waals surface area contributed by atoms with E-state index in [0.717, 1.165) is 10.9 Å². The van der Waals surface area contributed by atoms with Crippen molar-refractivity contribution in [2.24, 2.45) is 0 Å². The summed E-state index contributed by atoms with van der Waals surface area (Å²) in [6.45, 7) is 2.13. The largest absolute Gasteiger partial charge is 0.352 e. The Kier molecular flexibility index (Phi) is 3.96. The van der Waals surface area contributed by atoms with Gasteiger partial charge in [0, 0.05) is 18.8 Å². The molecule has 0 aliphatic heterocycles. The van der Waals surface area contributed by atoms with Gasteiger partial charge in [-0.15, -0.1) is 0 Å². The van der Waals surface area contributed by atoms with Gasteiger partial charge in [0.2, 0.25) is 5.91 Å². The first-order chi connectivity index (χ1) is 6.22. The lowest BCUT2D eigenvalue weighted by molar-refractivity contribution is -0.119. The summed E-state index contributed by atoms with van der Waals surface area (Å²) in [7, 11) is 0. The Morgan fingerprint density at radius 3 is 2.31 bits per heavy atom. The second kappa shape index (κ2) is 5.02. The molecule has 0 atom stereocenters. The predicted molar refractivity (Wildman–Crippen MR) is 56.6 cm³/mol. The van der Waals surface area contributed by atoms with Crippen molar-refractivity contribution < 1.29 is 4.79 Å². The molecular formula is C10H12BrNO. The van der Waals surface area contributed by atoms with Gasteiger partial charge in [0.25, 0.3) is 0 Å². The third-order valence-electron chi connectivity index (χ3n) is 1.72. The SMILES string of the molecule is CC(=O)NCc1ccc(CBr)cc1. The molecule has 0 radical (unpaired) electrons. The number of hydrogen-bond acceptors (Lipinski definition) is 1. The minimum absolute atomic E-state index is 0.00423. The summed E-state index contributed by atoms with van der Waals surface area (Å²) in [6, 6.07) is 8.14. The molecule has 0 spiro atoms. The van der Waals surface area contributed by atoms with Crippen LogP contribution in [-0.4, -0.2) is 5.91 Å². The van der Waals surface area contributed by atoms with Crippen molar-refractivity contribution in [3.63, 3.8) is 0 Å². The summed E-state index contributed by atoms with van der Waals surface area (Å²) in [5.74, 6) is 0.00423. The lowest BCUT2D eigenvalue weighted by Crippen LogP contribution is -2.18. The summed E-state index contributed by atoms with van der Waals surface area (Å²) in [5, 5.41) is 3.62. The molecule has 1 aromatic rings. The van der Waals surface area contributed by atoms with E-state index in [1.807, 2.05) is 24.3 Å². The fraction of sp³-hybridized carbons (Fsp3) is 0.300. The molecule has 0 saturated heterocycles. The molecule has 1 amide bonds. The van der Waals surface area contributed by atoms with Gasteiger partial charge in [0.15, 0.2) is 0 Å². The second-order valence-corrected chi connectivity index (χ2v) is 3.42. The number of alkyl halides is 1. The summed E-state index contributed by atoms with van der Waals surface area (Å²) in [6.07, 6.45) is 0. The summed E-state index contributed by atoms with van der Waals surface area (Å²) >= 11 is 3.37. The minimum Gasteiger partial charge on any atom is -0.352 e. The molecule has 13 heavy (non-hydrogen) atoms. The summed E-state index contributed by atoms with van der Waals surface area (Å²) < 4.78 is 0. The van der Waals surface area contributed by atoms with Gasteiger partial charge in [-0.1, -0.05) is 40.2 Å². The van der Waals surface area contributed by atoms with Crippen molar-refractivity contribution in [1.29, 1.82) is 0 Å². The van der Waals surface area contributed by atoms with Crippen LogP contribution in [0.2, 0.25) is 0 Å². The van der Waals surface area contributed by atoms with E-state index in [0.29, 0.717) is 6.54 Å². The van der Waals surface area contributed by atoms with E-state index < -0.39 is 0 Å². The van der Waals surface area contributed by atoms with Crippen LogP contribution in [0.15, 0.2) is 24.3 Å². The number of amides is 1. The zero-order valence-corrected chi connectivity index (χ0v) is 9.10. The van der Waals surface area contributed by atoms with Crippen LogP contribution in [0.4, 0.5) is 0 Å². The first kappa shape index (κ1) is 10.3. The van der Waals surface area contributed by atoms with E-state index in [1.54, 1.807) is 0 Å². The van der Waals surface area contributed by atoms with Crippen molar-refractivity contribution >= 4 is 21.8 Å². The second-order valence-electron chi connectivity index (χ2n) is 2.86. The fourth-order valence-electron chi connectivity index (χ4n) is 0.973. The Labute approximate surface area is 86.5 Å². The Balaban J connectivity index is 2.54. The number of rotatable bonds is 3. The van der Waals surface area contributed by atoms with Crippen molar-refractivity contribution in [3.05, 3.63) is 35.4 Å². The maximum Gasteiger partial charge on any atom is 0.217 e. The van der Waals surface area contributed by atoms with E-state index >= 15 is 0 Å². The van der Waals surface area contributed by atoms with Crippen LogP contribution in [0.5, 0.6) is 0 Å². The zero-order chi connectivity index (χ0) is 9.68. The van der Waals surface area contributed by atoms with Gasteiger partial charge in [-0.05, 0) is 11.1 Å². The maximum absolute atomic E-state index is 10.6. The summed E-state index contributed by atoms with van der Waals surface area (Å²) in [4.78, 5) is 10.6. The molecular weight excluding hydrogens is 230 g/mol. The molecule has 0 aliphatic carbocycles. The van der Waals surface area contributed by atoms with Gasteiger partial charge in [-0.2, -0.15) is 0 Å². The molecule has 0 fully saturated rings. The highest BCUT2D eigenvalue weighted by Crippen LogP contribution is 2.07. The molecule has 0 aliphatic rings. The normalized spacial score (nSPS) is 9.69. The average molecular weight is 242 g/mol. The first-order valence-corrected chi connectivity index (χ1v) is 5.22. The van der Waals surface area contributed by atoms with Crippen molar-refractivity contribution in [1.82, 2.24) is 5.32 Å². The highest BCUT2D eigenvalue weighted by Gasteiger charge is 1.94. The minimum atomic E-state index is 0.00423. The van der Waals surface area contributed by atoms with Crippen LogP contribution in [0.1, 0.15) is 18.1 Å². The van der Waals surface area contributed by atoms with Crippen LogP contribution >= 0.6 is 15.9 Å². The van der Waals surface area contributed by atoms with E-state index in [1.165, 1.54) is 12.5 Å². The first-order valence-electron chi connectivity index (χ1n) is 4.10. The van der Waals surface area contributed by atoms with Crippen LogP contribution in [0.3, 0.4) is 0 Å². The Hall–Kier alpha value is -0.830. The van der Waals surface area contributed by atoms with Crippen molar-refractivity contribution in [2.45, 2.75) is 18.8 Å². The standard InChI is InChI=1S/C10H12BrNO/c1-8(13)12-7-10-4-2-9(6-11)3-5-10/h2-5H,6-7H2,1H3,(H,12,13). The van der Waals surface area contributed by atoms with Crippen LogP contribution in [-0.2, 0) is 16.7 Å². The third-order valence-corrected chi connectivity index (χ3v) is 2.37. The molecule has 0 aromatic heterocycles. The molecule has 0 saturated carbocycles. The third kappa shape index (κ3) is 3.59. The Morgan fingerprint density at radius 1 is 1.31 bits per heavy atom. The van der Waals surface area contributed by atoms with Crippen LogP contribution < -0.4 is 5.32 Å². The number of carbonyl (C=O) groups excluding carboxylic acids is 1. The summed E-state index contributed by atoms with van der Waals surface area (Å²) in [5.41, 5.74) is 2.37. The zero-order valence-electron chi connectivity index (χ0n) is 7.51. The van der Waals surface area contributed by atoms with E-state index in [9.17, 15) is 4.79 Å². The smallest absolute Gasteiger partial charge is 0.217 e. The van der Waals surface area contributed by atoms with Crippen LogP contribution in [0.25, 0.3) is 0 Å². The Bertz CT molecular complexity index is 281. The fourth-order valence-corrected chi connectivity index (χ4v) is 1.35. The van der Waals surface area contributed by atoms with Gasteiger partial charge in [-0.25, -0.2) is 0 Å². The van der Waals surface area contributed by atoms with Gasteiger partial charge in [0.05, 0.1) is 0 Å². The number of benzene rings is 1. The van der Waals surface area contributed by atoms with Crippen LogP contribution in [0, 0.1) is 0 Å². The number of carbonyl (C=O) groups is 1. The molecule has 1 aromatic carbocycles. The number of hydrogen-bond donors (Lipinski definition) is 1. The monoisotopic (exact) mass is 241 g/mol. The molecule has 3 heteroatoms. The maximum atomic E-state index is 10.6. The predicted octanol–water partition coefficient (Wildman–Crippen LogP) is 2.22. The Morgan fingerprint density at radius 2 is 1.85 bits per heavy atom. The van der Waals surface area contributed by atoms with Gasteiger partial charge in [-0.3, -0.25) is 4.79 Å². The molecule has 0 heterocycles. The van der Waals surface area contributed by atoms with E-state index in [4.69, 9.17) is 0 Å². The topological polar surface area (TPSA) is 29.1 Å². The van der Waals surface area contributed by atoms with E-state index in [-0.39, 0.29) is 5.91 Å². The molecule has 70 valence electrons. The number of nitrogens with one attached hydrogen (secondary N) is 1.